The molecule has 0 aliphatic carbocycles. The average Bonchev–Trinajstić information content (AvgIpc) is 3.12. The highest BCUT2D eigenvalue weighted by atomic mass is 19.1. The highest BCUT2D eigenvalue weighted by Crippen LogP contribution is 2.18. The van der Waals surface area contributed by atoms with Crippen molar-refractivity contribution in [3.8, 4) is 0 Å². The number of hydrogen-bond donors (Lipinski definition) is 1. The van der Waals surface area contributed by atoms with Gasteiger partial charge in [-0.2, -0.15) is 0 Å². The smallest absolute Gasteiger partial charge is 0.264 e. The first-order valence-corrected chi connectivity index (χ1v) is 8.06. The van der Waals surface area contributed by atoms with E-state index in [1.54, 1.807) is 30.3 Å². The number of carbonyl (C=O) groups is 2. The highest BCUT2D eigenvalue weighted by Gasteiger charge is 2.30. The molecule has 0 radical (unpaired) electrons. The Kier molecular flexibility index (Phi) is 5.26. The third kappa shape index (κ3) is 4.24. The maximum absolute atomic E-state index is 13.3. The first kappa shape index (κ1) is 17.6. The molecule has 6 nitrogen and oxygen atoms in total. The van der Waals surface area contributed by atoms with Crippen LogP contribution in [-0.4, -0.2) is 29.7 Å². The van der Waals surface area contributed by atoms with E-state index >= 15 is 0 Å². The predicted molar refractivity (Wildman–Crippen MR) is 89.5 cm³/mol. The molecule has 2 atom stereocenters. The summed E-state index contributed by atoms with van der Waals surface area (Å²) < 4.78 is 13.3. The molecule has 0 spiro atoms. The standard InChI is InChI=1S/C19H17FN2O4/c20-14-8-4-7-13(10-14)15-11-17(26-22-15)18(23)21-16(19(24)25)9-12-5-2-1-3-6-12/h1-8,10,16-17H,9,11H2,(H,21,23)(H,24,25)/p-1/t16-,17-/m0/s1. The number of carboxylic acids is 1. The number of benzene rings is 2. The molecule has 0 unspecified atom stereocenters. The molecule has 1 amide bonds. The molecule has 0 bridgehead atoms. The Morgan fingerprint density at radius 2 is 2.00 bits per heavy atom. The zero-order chi connectivity index (χ0) is 18.5. The van der Waals surface area contributed by atoms with Gasteiger partial charge in [0.15, 0.2) is 0 Å². The molecule has 2 aromatic rings. The summed E-state index contributed by atoms with van der Waals surface area (Å²) in [5, 5.41) is 17.6. The van der Waals surface area contributed by atoms with Crippen molar-refractivity contribution in [1.82, 2.24) is 5.32 Å². The number of nitrogens with zero attached hydrogens (tertiary/aromatic N) is 1. The molecule has 7 heteroatoms. The lowest BCUT2D eigenvalue weighted by Gasteiger charge is -2.21. The summed E-state index contributed by atoms with van der Waals surface area (Å²) in [5.41, 5.74) is 1.70. The van der Waals surface area contributed by atoms with Crippen LogP contribution in [-0.2, 0) is 20.8 Å². The summed E-state index contributed by atoms with van der Waals surface area (Å²) >= 11 is 0. The summed E-state index contributed by atoms with van der Waals surface area (Å²) in [6.07, 6.45) is -0.745. The van der Waals surface area contributed by atoms with E-state index in [2.05, 4.69) is 10.5 Å². The molecule has 3 rings (SSSR count). The molecule has 1 N–H and O–H groups in total. The van der Waals surface area contributed by atoms with Gasteiger partial charge in [-0.3, -0.25) is 4.79 Å². The fraction of sp³-hybridized carbons (Fsp3) is 0.211. The molecular formula is C19H16FN2O4-. The zero-order valence-corrected chi connectivity index (χ0v) is 13.7. The third-order valence-electron chi connectivity index (χ3n) is 4.00. The molecule has 2 aromatic carbocycles. The van der Waals surface area contributed by atoms with Gasteiger partial charge in [0.25, 0.3) is 5.91 Å². The molecule has 0 fully saturated rings. The van der Waals surface area contributed by atoms with E-state index in [0.29, 0.717) is 11.3 Å². The number of amides is 1. The molecule has 0 saturated carbocycles. The van der Waals surface area contributed by atoms with Crippen molar-refractivity contribution in [3.05, 3.63) is 71.5 Å². The van der Waals surface area contributed by atoms with Gasteiger partial charge < -0.3 is 20.1 Å². The van der Waals surface area contributed by atoms with Gasteiger partial charge in [0, 0.05) is 12.0 Å². The van der Waals surface area contributed by atoms with Crippen LogP contribution in [0.3, 0.4) is 0 Å². The van der Waals surface area contributed by atoms with Crippen LogP contribution in [0, 0.1) is 5.82 Å². The second-order valence-electron chi connectivity index (χ2n) is 5.92. The van der Waals surface area contributed by atoms with Gasteiger partial charge in [0.1, 0.15) is 5.82 Å². The van der Waals surface area contributed by atoms with Gasteiger partial charge in [-0.15, -0.1) is 0 Å². The topological polar surface area (TPSA) is 90.8 Å². The van der Waals surface area contributed by atoms with Crippen LogP contribution in [0.1, 0.15) is 17.5 Å². The number of aliphatic carboxylic acids is 1. The summed E-state index contributed by atoms with van der Waals surface area (Å²) in [7, 11) is 0. The fourth-order valence-electron chi connectivity index (χ4n) is 2.66. The van der Waals surface area contributed by atoms with Crippen LogP contribution in [0.15, 0.2) is 59.8 Å². The Labute approximate surface area is 149 Å². The van der Waals surface area contributed by atoms with Crippen molar-refractivity contribution >= 4 is 17.6 Å². The lowest BCUT2D eigenvalue weighted by molar-refractivity contribution is -0.308. The molecule has 0 aromatic heterocycles. The van der Waals surface area contributed by atoms with E-state index in [4.69, 9.17) is 4.84 Å². The number of rotatable bonds is 6. The van der Waals surface area contributed by atoms with E-state index in [9.17, 15) is 19.1 Å². The molecule has 0 saturated heterocycles. The first-order chi connectivity index (χ1) is 12.5. The van der Waals surface area contributed by atoms with Crippen molar-refractivity contribution in [2.45, 2.75) is 25.0 Å². The van der Waals surface area contributed by atoms with Crippen molar-refractivity contribution in [2.24, 2.45) is 5.16 Å². The van der Waals surface area contributed by atoms with Crippen LogP contribution in [0.4, 0.5) is 4.39 Å². The number of nitrogens with one attached hydrogen (secondary N) is 1. The van der Waals surface area contributed by atoms with E-state index in [0.717, 1.165) is 5.56 Å². The molecule has 1 aliphatic rings. The second-order valence-corrected chi connectivity index (χ2v) is 5.92. The van der Waals surface area contributed by atoms with E-state index < -0.39 is 29.8 Å². The molecule has 134 valence electrons. The van der Waals surface area contributed by atoms with Crippen molar-refractivity contribution in [1.29, 1.82) is 0 Å². The Morgan fingerprint density at radius 1 is 1.23 bits per heavy atom. The SMILES string of the molecule is O=C([O-])[C@H](Cc1ccccc1)NC(=O)[C@@H]1CC(c2cccc(F)c2)=NO1. The number of hydrogen-bond acceptors (Lipinski definition) is 5. The van der Waals surface area contributed by atoms with Gasteiger partial charge >= 0.3 is 0 Å². The van der Waals surface area contributed by atoms with E-state index in [-0.39, 0.29) is 12.8 Å². The lowest BCUT2D eigenvalue weighted by Crippen LogP contribution is -2.51. The summed E-state index contributed by atoms with van der Waals surface area (Å²) in [6.45, 7) is 0. The van der Waals surface area contributed by atoms with Gasteiger partial charge in [-0.1, -0.05) is 47.6 Å². The number of carboxylic acid groups (broad SMARTS) is 1. The normalized spacial score (nSPS) is 17.1. The highest BCUT2D eigenvalue weighted by molar-refractivity contribution is 6.04. The fourth-order valence-corrected chi connectivity index (χ4v) is 2.66. The molecular weight excluding hydrogens is 339 g/mol. The summed E-state index contributed by atoms with van der Waals surface area (Å²) in [4.78, 5) is 28.8. The monoisotopic (exact) mass is 355 g/mol. The van der Waals surface area contributed by atoms with Crippen LogP contribution in [0.2, 0.25) is 0 Å². The van der Waals surface area contributed by atoms with Gasteiger partial charge in [-0.25, -0.2) is 4.39 Å². The maximum atomic E-state index is 13.3. The van der Waals surface area contributed by atoms with Crippen molar-refractivity contribution in [2.75, 3.05) is 0 Å². The third-order valence-corrected chi connectivity index (χ3v) is 4.00. The minimum Gasteiger partial charge on any atom is -0.548 e. The quantitative estimate of drug-likeness (QED) is 0.830. The van der Waals surface area contributed by atoms with Gasteiger partial charge in [-0.05, 0) is 24.1 Å². The Bertz CT molecular complexity index is 838. The Balaban J connectivity index is 1.61. The number of carbonyl (C=O) groups excluding carboxylic acids is 2. The zero-order valence-electron chi connectivity index (χ0n) is 13.7. The summed E-state index contributed by atoms with van der Waals surface area (Å²) in [5.74, 6) is -2.41. The molecule has 26 heavy (non-hydrogen) atoms. The van der Waals surface area contributed by atoms with E-state index in [1.165, 1.54) is 18.2 Å². The summed E-state index contributed by atoms with van der Waals surface area (Å²) in [6, 6.07) is 13.5. The van der Waals surface area contributed by atoms with Crippen LogP contribution >= 0.6 is 0 Å². The minimum atomic E-state index is -1.38. The lowest BCUT2D eigenvalue weighted by atomic mass is 10.0. The van der Waals surface area contributed by atoms with Crippen LogP contribution in [0.25, 0.3) is 0 Å². The number of halogens is 1. The minimum absolute atomic E-state index is 0.0965. The van der Waals surface area contributed by atoms with Crippen LogP contribution in [0.5, 0.6) is 0 Å². The Morgan fingerprint density at radius 3 is 2.69 bits per heavy atom. The van der Waals surface area contributed by atoms with Gasteiger partial charge in [0.05, 0.1) is 17.7 Å². The Hall–Kier alpha value is -3.22. The first-order valence-electron chi connectivity index (χ1n) is 8.06. The molecule has 1 aliphatic heterocycles. The number of oxime groups is 1. The van der Waals surface area contributed by atoms with Gasteiger partial charge in [0.2, 0.25) is 6.10 Å². The second kappa shape index (κ2) is 7.77. The van der Waals surface area contributed by atoms with Crippen molar-refractivity contribution < 1.29 is 23.9 Å². The van der Waals surface area contributed by atoms with E-state index in [1.807, 2.05) is 6.07 Å². The van der Waals surface area contributed by atoms with Crippen LogP contribution < -0.4 is 10.4 Å². The average molecular weight is 355 g/mol. The largest absolute Gasteiger partial charge is 0.548 e. The predicted octanol–water partition coefficient (Wildman–Crippen LogP) is 0.796. The molecule has 1 heterocycles. The maximum Gasteiger partial charge on any atom is 0.264 e. The van der Waals surface area contributed by atoms with Crippen molar-refractivity contribution in [3.63, 3.8) is 0 Å².